The van der Waals surface area contributed by atoms with Gasteiger partial charge in [0.1, 0.15) is 5.60 Å². The number of hydrogen-bond donors (Lipinski definition) is 0. The predicted octanol–water partition coefficient (Wildman–Crippen LogP) is 2.73. The molecule has 0 spiro atoms. The normalized spacial score (nSPS) is 24.9. The molecule has 21 heavy (non-hydrogen) atoms. The first-order valence-corrected chi connectivity index (χ1v) is 7.50. The molecule has 2 atom stereocenters. The lowest BCUT2D eigenvalue weighted by atomic mass is 9.95. The molecule has 0 radical (unpaired) electrons. The zero-order chi connectivity index (χ0) is 14.9. The van der Waals surface area contributed by atoms with Crippen molar-refractivity contribution in [2.75, 3.05) is 19.7 Å². The van der Waals surface area contributed by atoms with E-state index in [4.69, 9.17) is 4.74 Å². The second-order valence-electron chi connectivity index (χ2n) is 6.04. The van der Waals surface area contributed by atoms with E-state index in [1.54, 1.807) is 0 Å². The first kappa shape index (κ1) is 14.3. The Morgan fingerprint density at radius 3 is 2.71 bits per heavy atom. The predicted molar refractivity (Wildman–Crippen MR) is 82.9 cm³/mol. The third-order valence-electron chi connectivity index (χ3n) is 4.45. The number of ether oxygens (including phenoxy) is 1. The highest BCUT2D eigenvalue weighted by Gasteiger charge is 2.36. The highest BCUT2D eigenvalue weighted by Crippen LogP contribution is 2.33. The third kappa shape index (κ3) is 2.87. The average Bonchev–Trinajstić information content (AvgIpc) is 2.95. The maximum Gasteiger partial charge on any atom is 0.106 e. The molecule has 1 saturated heterocycles. The van der Waals surface area contributed by atoms with Crippen LogP contribution in [-0.4, -0.2) is 34.4 Å². The van der Waals surface area contributed by atoms with Crippen LogP contribution in [0.1, 0.15) is 31.0 Å². The van der Waals surface area contributed by atoms with Crippen molar-refractivity contribution >= 4 is 0 Å². The average molecular weight is 285 g/mol. The van der Waals surface area contributed by atoms with Crippen molar-refractivity contribution in [1.82, 2.24) is 14.7 Å². The molecule has 1 aromatic carbocycles. The van der Waals surface area contributed by atoms with Crippen LogP contribution in [0.3, 0.4) is 0 Å². The molecule has 1 fully saturated rings. The summed E-state index contributed by atoms with van der Waals surface area (Å²) in [6.45, 7) is 7.03. The molecule has 0 bridgehead atoms. The monoisotopic (exact) mass is 285 g/mol. The molecule has 1 aliphatic rings. The highest BCUT2D eigenvalue weighted by atomic mass is 16.5. The Morgan fingerprint density at radius 1 is 1.29 bits per heavy atom. The zero-order valence-electron chi connectivity index (χ0n) is 13.0. The Kier molecular flexibility index (Phi) is 3.83. The minimum absolute atomic E-state index is 0.282. The van der Waals surface area contributed by atoms with Gasteiger partial charge in [0.05, 0.1) is 12.8 Å². The molecule has 0 N–H and O–H groups in total. The third-order valence-corrected chi connectivity index (χ3v) is 4.45. The number of nitrogens with zero attached hydrogens (tertiary/aromatic N) is 3. The van der Waals surface area contributed by atoms with E-state index in [2.05, 4.69) is 60.4 Å². The van der Waals surface area contributed by atoms with Crippen LogP contribution in [-0.2, 0) is 17.4 Å². The van der Waals surface area contributed by atoms with Crippen molar-refractivity contribution in [3.05, 3.63) is 53.9 Å². The summed E-state index contributed by atoms with van der Waals surface area (Å²) in [5, 5.41) is 4.28. The maximum atomic E-state index is 6.09. The molecule has 3 rings (SSSR count). The Balaban J connectivity index is 1.79. The quantitative estimate of drug-likeness (QED) is 0.868. The van der Waals surface area contributed by atoms with Crippen molar-refractivity contribution in [3.63, 3.8) is 0 Å². The summed E-state index contributed by atoms with van der Waals surface area (Å²) in [6.07, 6.45) is 3.97. The largest absolute Gasteiger partial charge is 0.368 e. The Labute approximate surface area is 126 Å². The summed E-state index contributed by atoms with van der Waals surface area (Å²) in [5.74, 6) is 0. The maximum absolute atomic E-state index is 6.09. The molecular weight excluding hydrogens is 262 g/mol. The topological polar surface area (TPSA) is 30.3 Å². The van der Waals surface area contributed by atoms with E-state index in [-0.39, 0.29) is 5.60 Å². The van der Waals surface area contributed by atoms with Crippen molar-refractivity contribution in [2.24, 2.45) is 7.05 Å². The van der Waals surface area contributed by atoms with Crippen LogP contribution in [0.2, 0.25) is 0 Å². The van der Waals surface area contributed by atoms with Gasteiger partial charge in [-0.05, 0) is 19.4 Å². The van der Waals surface area contributed by atoms with Crippen LogP contribution in [0.15, 0.2) is 42.7 Å². The van der Waals surface area contributed by atoms with Crippen LogP contribution in [0, 0.1) is 0 Å². The van der Waals surface area contributed by atoms with Crippen LogP contribution in [0.4, 0.5) is 0 Å². The number of rotatable bonds is 3. The van der Waals surface area contributed by atoms with E-state index in [0.29, 0.717) is 6.04 Å². The lowest BCUT2D eigenvalue weighted by Gasteiger charge is -2.42. The van der Waals surface area contributed by atoms with E-state index in [1.165, 1.54) is 5.56 Å². The van der Waals surface area contributed by atoms with Crippen LogP contribution in [0.5, 0.6) is 0 Å². The van der Waals surface area contributed by atoms with Crippen molar-refractivity contribution in [2.45, 2.75) is 25.5 Å². The molecule has 2 heterocycles. The Morgan fingerprint density at radius 2 is 2.05 bits per heavy atom. The fourth-order valence-electron chi connectivity index (χ4n) is 3.04. The lowest BCUT2D eigenvalue weighted by Crippen LogP contribution is -2.48. The van der Waals surface area contributed by atoms with E-state index in [0.717, 1.165) is 25.3 Å². The molecule has 4 heteroatoms. The zero-order valence-corrected chi connectivity index (χ0v) is 13.0. The van der Waals surface area contributed by atoms with Crippen LogP contribution >= 0.6 is 0 Å². The molecule has 1 aromatic heterocycles. The first-order chi connectivity index (χ1) is 10.1. The fourth-order valence-corrected chi connectivity index (χ4v) is 3.04. The van der Waals surface area contributed by atoms with Gasteiger partial charge in [0.2, 0.25) is 0 Å². The first-order valence-electron chi connectivity index (χ1n) is 7.50. The SMILES string of the molecule is C[C@H](c1ccccc1)N1CCO[C@@](C)(c2cnn(C)c2)C1. The van der Waals surface area contributed by atoms with Gasteiger partial charge < -0.3 is 4.74 Å². The smallest absolute Gasteiger partial charge is 0.106 e. The lowest BCUT2D eigenvalue weighted by molar-refractivity contribution is -0.112. The van der Waals surface area contributed by atoms with Crippen LogP contribution < -0.4 is 0 Å². The van der Waals surface area contributed by atoms with Gasteiger partial charge in [0, 0.05) is 37.9 Å². The van der Waals surface area contributed by atoms with Gasteiger partial charge in [0.15, 0.2) is 0 Å². The second kappa shape index (κ2) is 5.62. The Hall–Kier alpha value is -1.65. The number of hydrogen-bond acceptors (Lipinski definition) is 3. The van der Waals surface area contributed by atoms with Crippen molar-refractivity contribution < 1.29 is 4.74 Å². The van der Waals surface area contributed by atoms with Gasteiger partial charge in [-0.2, -0.15) is 5.10 Å². The van der Waals surface area contributed by atoms with Gasteiger partial charge in [-0.3, -0.25) is 9.58 Å². The number of morpholine rings is 1. The molecule has 0 amide bonds. The molecule has 1 aliphatic heterocycles. The van der Waals surface area contributed by atoms with Gasteiger partial charge in [-0.25, -0.2) is 0 Å². The number of benzene rings is 1. The van der Waals surface area contributed by atoms with Gasteiger partial charge in [0.25, 0.3) is 0 Å². The summed E-state index contributed by atoms with van der Waals surface area (Å²) >= 11 is 0. The minimum atomic E-state index is -0.282. The molecule has 112 valence electrons. The van der Waals surface area contributed by atoms with Crippen molar-refractivity contribution in [3.8, 4) is 0 Å². The molecule has 0 unspecified atom stereocenters. The highest BCUT2D eigenvalue weighted by molar-refractivity contribution is 5.20. The summed E-state index contributed by atoms with van der Waals surface area (Å²) in [6, 6.07) is 11.1. The van der Waals surface area contributed by atoms with E-state index in [9.17, 15) is 0 Å². The second-order valence-corrected chi connectivity index (χ2v) is 6.04. The van der Waals surface area contributed by atoms with E-state index in [1.807, 2.05) is 17.9 Å². The molecule has 0 saturated carbocycles. The Bertz CT molecular complexity index is 595. The van der Waals surface area contributed by atoms with E-state index >= 15 is 0 Å². The van der Waals surface area contributed by atoms with Gasteiger partial charge in [-0.15, -0.1) is 0 Å². The molecule has 2 aromatic rings. The van der Waals surface area contributed by atoms with Crippen LogP contribution in [0.25, 0.3) is 0 Å². The standard InChI is InChI=1S/C17H23N3O/c1-14(15-7-5-4-6-8-15)20-9-10-21-17(2,13-20)16-11-18-19(3)12-16/h4-8,11-12,14H,9-10,13H2,1-3H3/t14-,17-/m1/s1. The van der Waals surface area contributed by atoms with Crippen molar-refractivity contribution in [1.29, 1.82) is 0 Å². The minimum Gasteiger partial charge on any atom is -0.368 e. The summed E-state index contributed by atoms with van der Waals surface area (Å²) < 4.78 is 7.92. The van der Waals surface area contributed by atoms with Gasteiger partial charge in [-0.1, -0.05) is 30.3 Å². The number of aromatic nitrogens is 2. The summed E-state index contributed by atoms with van der Waals surface area (Å²) in [7, 11) is 1.94. The molecular formula is C17H23N3O. The molecule has 0 aliphatic carbocycles. The summed E-state index contributed by atoms with van der Waals surface area (Å²) in [4.78, 5) is 2.49. The summed E-state index contributed by atoms with van der Waals surface area (Å²) in [5.41, 5.74) is 2.22. The van der Waals surface area contributed by atoms with E-state index < -0.39 is 0 Å². The molecule has 4 nitrogen and oxygen atoms in total. The number of aryl methyl sites for hydroxylation is 1. The fraction of sp³-hybridized carbons (Fsp3) is 0.471. The van der Waals surface area contributed by atoms with Gasteiger partial charge >= 0.3 is 0 Å².